The number of rotatable bonds is 6. The first-order valence-corrected chi connectivity index (χ1v) is 14.2. The first-order valence-electron chi connectivity index (χ1n) is 12.5. The third-order valence-electron chi connectivity index (χ3n) is 6.55. The van der Waals surface area contributed by atoms with Gasteiger partial charge in [-0.05, 0) is 77.2 Å². The van der Waals surface area contributed by atoms with E-state index in [2.05, 4.69) is 146 Å². The van der Waals surface area contributed by atoms with E-state index in [9.17, 15) is 0 Å². The average Bonchev–Trinajstić information content (AvgIpc) is 3.45. The fourth-order valence-electron chi connectivity index (χ4n) is 4.57. The van der Waals surface area contributed by atoms with E-state index in [-0.39, 0.29) is 0 Å². The number of benzene rings is 4. The summed E-state index contributed by atoms with van der Waals surface area (Å²) in [6.45, 7) is 2.29. The van der Waals surface area contributed by atoms with E-state index in [0.717, 1.165) is 11.4 Å². The second-order valence-electron chi connectivity index (χ2n) is 9.09. The maximum atomic E-state index is 3.55. The molecule has 1 aromatic heterocycles. The minimum Gasteiger partial charge on any atom is -0.356 e. The van der Waals surface area contributed by atoms with Gasteiger partial charge in [-0.3, -0.25) is 0 Å². The van der Waals surface area contributed by atoms with Crippen LogP contribution in [0.15, 0.2) is 133 Å². The Hall–Kier alpha value is -3.79. The molecule has 0 radical (unpaired) electrons. The molecule has 180 valence electrons. The minimum atomic E-state index is 0.422. The predicted octanol–water partition coefficient (Wildman–Crippen LogP) is 10.4. The number of hydrogen-bond acceptors (Lipinski definition) is 3. The SMILES string of the molecule is C[C@H]1SC(c2ccc(Nc3ccc(-c4ccc(-c5ccccc5)s4)cc3)cc2)=CC=C1c1ccccc1. The largest absolute Gasteiger partial charge is 0.356 e. The summed E-state index contributed by atoms with van der Waals surface area (Å²) in [5, 5.41) is 3.97. The van der Waals surface area contributed by atoms with Crippen molar-refractivity contribution in [3.8, 4) is 20.9 Å². The molecule has 0 unspecified atom stereocenters. The summed E-state index contributed by atoms with van der Waals surface area (Å²) in [6.07, 6.45) is 4.53. The highest BCUT2D eigenvalue weighted by atomic mass is 32.2. The second kappa shape index (κ2) is 10.7. The lowest BCUT2D eigenvalue weighted by molar-refractivity contribution is 1.26. The van der Waals surface area contributed by atoms with Gasteiger partial charge in [0, 0.05) is 31.3 Å². The molecule has 0 saturated heterocycles. The van der Waals surface area contributed by atoms with Gasteiger partial charge in [0.1, 0.15) is 0 Å². The molecule has 5 aromatic rings. The third kappa shape index (κ3) is 5.34. The fourth-order valence-corrected chi connectivity index (χ4v) is 6.73. The predicted molar refractivity (Wildman–Crippen MR) is 164 cm³/mol. The van der Waals surface area contributed by atoms with E-state index in [4.69, 9.17) is 0 Å². The molecule has 2 heterocycles. The number of thiophene rings is 1. The van der Waals surface area contributed by atoms with E-state index >= 15 is 0 Å². The van der Waals surface area contributed by atoms with E-state index in [1.165, 1.54) is 42.5 Å². The Morgan fingerprint density at radius 1 is 0.514 bits per heavy atom. The summed E-state index contributed by atoms with van der Waals surface area (Å²) in [4.78, 5) is 3.89. The van der Waals surface area contributed by atoms with Gasteiger partial charge >= 0.3 is 0 Å². The Morgan fingerprint density at radius 3 is 1.59 bits per heavy atom. The first kappa shape index (κ1) is 23.6. The highest BCUT2D eigenvalue weighted by molar-refractivity contribution is 8.09. The number of thioether (sulfide) groups is 1. The minimum absolute atomic E-state index is 0.422. The van der Waals surface area contributed by atoms with Crippen molar-refractivity contribution in [1.29, 1.82) is 0 Å². The van der Waals surface area contributed by atoms with Crippen LogP contribution in [-0.4, -0.2) is 5.25 Å². The molecule has 37 heavy (non-hydrogen) atoms. The first-order chi connectivity index (χ1) is 18.2. The van der Waals surface area contributed by atoms with Gasteiger partial charge in [0.25, 0.3) is 0 Å². The van der Waals surface area contributed by atoms with E-state index in [1.54, 1.807) is 0 Å². The molecule has 0 amide bonds. The lowest BCUT2D eigenvalue weighted by atomic mass is 10.0. The lowest BCUT2D eigenvalue weighted by Crippen LogP contribution is -2.04. The van der Waals surface area contributed by atoms with Gasteiger partial charge in [0.2, 0.25) is 0 Å². The van der Waals surface area contributed by atoms with Crippen LogP contribution in [0.3, 0.4) is 0 Å². The molecule has 1 nitrogen and oxygen atoms in total. The van der Waals surface area contributed by atoms with Crippen LogP contribution in [0.5, 0.6) is 0 Å². The van der Waals surface area contributed by atoms with Crippen LogP contribution in [0.1, 0.15) is 18.1 Å². The Morgan fingerprint density at radius 2 is 1.03 bits per heavy atom. The van der Waals surface area contributed by atoms with Gasteiger partial charge in [0.15, 0.2) is 0 Å². The van der Waals surface area contributed by atoms with Crippen molar-refractivity contribution in [2.24, 2.45) is 0 Å². The Balaban J connectivity index is 1.13. The fraction of sp³-hybridized carbons (Fsp3) is 0.0588. The summed E-state index contributed by atoms with van der Waals surface area (Å²) in [7, 11) is 0. The summed E-state index contributed by atoms with van der Waals surface area (Å²) < 4.78 is 0. The Labute approximate surface area is 227 Å². The standard InChI is InChI=1S/C34H27NS2/c1-24-31(25-8-4-2-5-9-25)20-21-32(36-24)27-12-16-29(17-13-27)35-30-18-14-28(15-19-30)34-23-22-33(37-34)26-10-6-3-7-11-26/h2-24,35H,1H3/t24-/m1/s1. The van der Waals surface area contributed by atoms with Crippen LogP contribution in [0.2, 0.25) is 0 Å². The summed E-state index contributed by atoms with van der Waals surface area (Å²) in [5.74, 6) is 0. The molecule has 1 aliphatic heterocycles. The average molecular weight is 514 g/mol. The number of allylic oxidation sites excluding steroid dienone is 2. The van der Waals surface area contributed by atoms with Crippen LogP contribution in [0.25, 0.3) is 31.4 Å². The summed E-state index contributed by atoms with van der Waals surface area (Å²) in [6, 6.07) is 43.1. The molecule has 0 saturated carbocycles. The summed E-state index contributed by atoms with van der Waals surface area (Å²) in [5.41, 5.74) is 8.64. The molecule has 0 aliphatic carbocycles. The highest BCUT2D eigenvalue weighted by Crippen LogP contribution is 2.41. The number of hydrogen-bond donors (Lipinski definition) is 1. The van der Waals surface area contributed by atoms with Gasteiger partial charge < -0.3 is 5.32 Å². The van der Waals surface area contributed by atoms with Crippen molar-refractivity contribution in [1.82, 2.24) is 0 Å². The zero-order chi connectivity index (χ0) is 25.0. The molecule has 1 N–H and O–H groups in total. The molecule has 1 atom stereocenters. The maximum Gasteiger partial charge on any atom is 0.0384 e. The zero-order valence-electron chi connectivity index (χ0n) is 20.6. The quantitative estimate of drug-likeness (QED) is 0.242. The van der Waals surface area contributed by atoms with Crippen molar-refractivity contribution in [2.75, 3.05) is 5.32 Å². The normalized spacial score (nSPS) is 15.1. The molecule has 6 rings (SSSR count). The number of anilines is 2. The molecule has 0 fully saturated rings. The summed E-state index contributed by atoms with van der Waals surface area (Å²) >= 11 is 3.76. The van der Waals surface area contributed by atoms with Crippen LogP contribution in [-0.2, 0) is 0 Å². The smallest absolute Gasteiger partial charge is 0.0384 e. The third-order valence-corrected chi connectivity index (χ3v) is 8.97. The van der Waals surface area contributed by atoms with Gasteiger partial charge in [-0.1, -0.05) is 91.0 Å². The molecular formula is C34H27NS2. The second-order valence-corrected chi connectivity index (χ2v) is 11.6. The van der Waals surface area contributed by atoms with Crippen molar-refractivity contribution < 1.29 is 0 Å². The maximum absolute atomic E-state index is 3.55. The molecule has 0 spiro atoms. The zero-order valence-corrected chi connectivity index (χ0v) is 22.2. The molecule has 3 heteroatoms. The topological polar surface area (TPSA) is 12.0 Å². The highest BCUT2D eigenvalue weighted by Gasteiger charge is 2.18. The molecule has 0 bridgehead atoms. The number of nitrogens with one attached hydrogen (secondary N) is 1. The van der Waals surface area contributed by atoms with Crippen LogP contribution < -0.4 is 5.32 Å². The van der Waals surface area contributed by atoms with Crippen molar-refractivity contribution in [3.05, 3.63) is 145 Å². The van der Waals surface area contributed by atoms with Crippen LogP contribution in [0.4, 0.5) is 11.4 Å². The van der Waals surface area contributed by atoms with Crippen molar-refractivity contribution in [3.63, 3.8) is 0 Å². The molecule has 1 aliphatic rings. The Bertz CT molecular complexity index is 1540. The van der Waals surface area contributed by atoms with Crippen LogP contribution in [0, 0.1) is 0 Å². The van der Waals surface area contributed by atoms with E-state index in [0.29, 0.717) is 5.25 Å². The van der Waals surface area contributed by atoms with E-state index < -0.39 is 0 Å². The van der Waals surface area contributed by atoms with Gasteiger partial charge in [-0.15, -0.1) is 23.1 Å². The monoisotopic (exact) mass is 513 g/mol. The Kier molecular flexibility index (Phi) is 6.81. The lowest BCUT2D eigenvalue weighted by Gasteiger charge is -2.22. The van der Waals surface area contributed by atoms with Crippen molar-refractivity contribution in [2.45, 2.75) is 12.2 Å². The van der Waals surface area contributed by atoms with Gasteiger partial charge in [-0.25, -0.2) is 0 Å². The molecular weight excluding hydrogens is 487 g/mol. The van der Waals surface area contributed by atoms with Gasteiger partial charge in [-0.2, -0.15) is 0 Å². The molecule has 4 aromatic carbocycles. The van der Waals surface area contributed by atoms with Crippen LogP contribution >= 0.6 is 23.1 Å². The van der Waals surface area contributed by atoms with E-state index in [1.807, 2.05) is 23.1 Å². The van der Waals surface area contributed by atoms with Crippen molar-refractivity contribution >= 4 is 45.0 Å². The van der Waals surface area contributed by atoms with Gasteiger partial charge in [0.05, 0.1) is 0 Å².